The molecule has 0 bridgehead atoms. The van der Waals surface area contributed by atoms with Crippen LogP contribution >= 0.6 is 58.0 Å². The average Bonchev–Trinajstić information content (AvgIpc) is 3.61. The van der Waals surface area contributed by atoms with Gasteiger partial charge in [-0.1, -0.05) is 82.8 Å². The molecule has 17 heteroatoms. The lowest BCUT2D eigenvalue weighted by Crippen LogP contribution is -2.42. The van der Waals surface area contributed by atoms with Gasteiger partial charge in [-0.2, -0.15) is 0 Å². The zero-order chi connectivity index (χ0) is 48.2. The molecule has 0 radical (unpaired) electrons. The number of benzene rings is 4. The molecule has 2 heterocycles. The third-order valence-corrected chi connectivity index (χ3v) is 11.7. The van der Waals surface area contributed by atoms with Gasteiger partial charge in [-0.3, -0.25) is 9.59 Å². The smallest absolute Gasteiger partial charge is 0.509 e. The molecule has 0 saturated heterocycles. The van der Waals surface area contributed by atoms with Crippen molar-refractivity contribution < 1.29 is 48.7 Å². The lowest BCUT2D eigenvalue weighted by molar-refractivity contribution is -0.117. The van der Waals surface area contributed by atoms with E-state index in [1.165, 1.54) is 0 Å². The Hall–Kier alpha value is -4.79. The normalized spacial score (nSPS) is 17.7. The van der Waals surface area contributed by atoms with Crippen molar-refractivity contribution in [1.82, 2.24) is 10.6 Å². The lowest BCUT2D eigenvalue weighted by Gasteiger charge is -2.26. The van der Waals surface area contributed by atoms with Gasteiger partial charge in [0.25, 0.3) is 11.8 Å². The molecule has 0 fully saturated rings. The Labute approximate surface area is 403 Å². The van der Waals surface area contributed by atoms with Crippen LogP contribution < -0.4 is 10.6 Å². The van der Waals surface area contributed by atoms with Gasteiger partial charge in [0.05, 0.1) is 35.4 Å². The van der Waals surface area contributed by atoms with Crippen LogP contribution in [0.3, 0.4) is 0 Å². The van der Waals surface area contributed by atoms with Crippen molar-refractivity contribution in [3.8, 4) is 22.3 Å². The Kier molecular flexibility index (Phi) is 19.2. The summed E-state index contributed by atoms with van der Waals surface area (Å²) in [4.78, 5) is 47.4. The Balaban J connectivity index is 0.000000255. The molecule has 0 spiro atoms. The summed E-state index contributed by atoms with van der Waals surface area (Å²) in [5.41, 5.74) is 3.92. The summed E-state index contributed by atoms with van der Waals surface area (Å²) >= 11 is 29.9. The number of aliphatic hydroxyl groups is 3. The van der Waals surface area contributed by atoms with E-state index in [2.05, 4.69) is 15.4 Å². The maximum Gasteiger partial charge on any atom is 0.513 e. The molecular formula is C48H51Cl5N2O10. The summed E-state index contributed by atoms with van der Waals surface area (Å²) in [6, 6.07) is 22.2. The fraction of sp³-hybridized carbons (Fsp3) is 0.333. The second kappa shape index (κ2) is 23.6. The van der Waals surface area contributed by atoms with E-state index in [1.807, 2.05) is 50.2 Å². The van der Waals surface area contributed by atoms with Gasteiger partial charge in [-0.15, -0.1) is 0 Å². The number of hydrogen-bond donors (Lipinski definition) is 5. The van der Waals surface area contributed by atoms with E-state index in [0.29, 0.717) is 63.5 Å². The first-order valence-corrected chi connectivity index (χ1v) is 22.5. The van der Waals surface area contributed by atoms with Gasteiger partial charge >= 0.3 is 11.6 Å². The number of rotatable bonds is 13. The molecule has 5 N–H and O–H groups in total. The first kappa shape index (κ1) is 52.8. The highest BCUT2D eigenvalue weighted by molar-refractivity contribution is 6.61. The van der Waals surface area contributed by atoms with Gasteiger partial charge < -0.3 is 40.2 Å². The fourth-order valence-electron chi connectivity index (χ4n) is 7.43. The summed E-state index contributed by atoms with van der Waals surface area (Å²) < 4.78 is 14.6. The van der Waals surface area contributed by atoms with E-state index < -0.39 is 28.6 Å². The topological polar surface area (TPSA) is 181 Å². The van der Waals surface area contributed by atoms with Crippen LogP contribution in [0.5, 0.6) is 0 Å². The van der Waals surface area contributed by atoms with Gasteiger partial charge in [-0.25, -0.2) is 9.59 Å². The molecule has 0 aliphatic carbocycles. The molecule has 0 aromatic heterocycles. The number of carbonyl (C=O) groups excluding carboxylic acids is 4. The van der Waals surface area contributed by atoms with Crippen molar-refractivity contribution in [2.45, 2.75) is 78.3 Å². The number of halogens is 5. The molecular weight excluding hydrogens is 942 g/mol. The highest BCUT2D eigenvalue weighted by Gasteiger charge is 2.46. The highest BCUT2D eigenvalue weighted by atomic mass is 35.5. The average molecular weight is 993 g/mol. The molecule has 2 unspecified atom stereocenters. The number of aryl methyl sites for hydroxylation is 2. The van der Waals surface area contributed by atoms with Crippen molar-refractivity contribution in [3.63, 3.8) is 0 Å². The van der Waals surface area contributed by atoms with Crippen molar-refractivity contribution in [2.24, 2.45) is 0 Å². The van der Waals surface area contributed by atoms with Gasteiger partial charge in [0, 0.05) is 56.0 Å². The number of nitrogens with one attached hydrogen (secondary N) is 2. The summed E-state index contributed by atoms with van der Waals surface area (Å²) in [7, 11) is 0. The van der Waals surface area contributed by atoms with Crippen molar-refractivity contribution in [3.05, 3.63) is 127 Å². The summed E-state index contributed by atoms with van der Waals surface area (Å²) in [5, 5.41) is 36.9. The molecule has 65 heavy (non-hydrogen) atoms. The van der Waals surface area contributed by atoms with Crippen molar-refractivity contribution in [1.29, 1.82) is 0 Å². The maximum atomic E-state index is 13.1. The molecule has 4 aromatic rings. The minimum absolute atomic E-state index is 0.0103. The molecule has 2 atom stereocenters. The summed E-state index contributed by atoms with van der Waals surface area (Å²) in [6.07, 6.45) is 0.772. The number of carbonyl (C=O) groups is 4. The van der Waals surface area contributed by atoms with Gasteiger partial charge in [0.1, 0.15) is 11.5 Å². The molecule has 0 saturated carbocycles. The molecule has 2 aliphatic rings. The van der Waals surface area contributed by atoms with Gasteiger partial charge in [0.2, 0.25) is 0 Å². The van der Waals surface area contributed by atoms with E-state index in [4.69, 9.17) is 72.6 Å². The standard InChI is InChI=1S/C24H25Cl2NO5.C21H21Cl2NO3.C3H5ClO2/c1-4-31-23(30)32-21-20(22(29)27-24(21,3)10-5-11-28)19-14(2)12-16(13-18(19)26)15-6-8-17(25)9-7-15;1-12-10-14(13-4-6-15(22)7-5-13)11-16(23)17(12)18-19(26)21(2,8-3-9-25)24-20(18)27;1-2-6-3(4)5/h6-9,12-13,28H,4-5,10-11H2,1-3H3,(H,27,29);4-7,10-11,25-26H,3,8-9H2,1-2H3,(H,24,27);2H2,1H3. The highest BCUT2D eigenvalue weighted by Crippen LogP contribution is 2.43. The summed E-state index contributed by atoms with van der Waals surface area (Å²) in [5.74, 6) is -0.671. The SMILES string of the molecule is CCOC(=O)Cl.CCOC(=O)OC1=C(c2c(C)cc(-c3ccc(Cl)cc3)cc2Cl)C(=O)NC1(C)CCCO.Cc1cc(-c2ccc(Cl)cc2)cc(Cl)c1C1=C(O)C(C)(CCCO)NC1=O. The van der Waals surface area contributed by atoms with Crippen LogP contribution in [0, 0.1) is 13.8 Å². The Morgan fingerprint density at radius 2 is 1.05 bits per heavy atom. The largest absolute Gasteiger partial charge is 0.513 e. The Bertz CT molecular complexity index is 2410. The first-order chi connectivity index (χ1) is 30.7. The van der Waals surface area contributed by atoms with Crippen LogP contribution in [0.2, 0.25) is 20.1 Å². The van der Waals surface area contributed by atoms with Crippen LogP contribution in [-0.2, 0) is 23.8 Å². The number of amides is 2. The summed E-state index contributed by atoms with van der Waals surface area (Å²) in [6.45, 7) is 10.9. The number of ether oxygens (including phenoxy) is 3. The second-order valence-electron chi connectivity index (χ2n) is 15.4. The van der Waals surface area contributed by atoms with Crippen LogP contribution in [0.4, 0.5) is 9.59 Å². The predicted octanol–water partition coefficient (Wildman–Crippen LogP) is 11.8. The zero-order valence-electron chi connectivity index (χ0n) is 36.7. The first-order valence-electron chi connectivity index (χ1n) is 20.6. The predicted molar refractivity (Wildman–Crippen MR) is 256 cm³/mol. The monoisotopic (exact) mass is 990 g/mol. The second-order valence-corrected chi connectivity index (χ2v) is 17.4. The minimum atomic E-state index is -0.994. The number of hydrogen-bond acceptors (Lipinski definition) is 10. The quantitative estimate of drug-likeness (QED) is 0.0639. The van der Waals surface area contributed by atoms with E-state index in [1.54, 1.807) is 64.1 Å². The van der Waals surface area contributed by atoms with Crippen LogP contribution in [-0.4, -0.2) is 76.2 Å². The lowest BCUT2D eigenvalue weighted by atomic mass is 9.90. The minimum Gasteiger partial charge on any atom is -0.509 e. The van der Waals surface area contributed by atoms with Gasteiger partial charge in [-0.05, 0) is 137 Å². The van der Waals surface area contributed by atoms with Crippen molar-refractivity contribution in [2.75, 3.05) is 26.4 Å². The molecule has 2 amide bonds. The van der Waals surface area contributed by atoms with E-state index in [9.17, 15) is 29.4 Å². The Morgan fingerprint density at radius 3 is 1.45 bits per heavy atom. The van der Waals surface area contributed by atoms with Crippen molar-refractivity contribution >= 4 is 92.5 Å². The van der Waals surface area contributed by atoms with Crippen LogP contribution in [0.25, 0.3) is 33.4 Å². The molecule has 2 aliphatic heterocycles. The van der Waals surface area contributed by atoms with Crippen LogP contribution in [0.15, 0.2) is 84.3 Å². The Morgan fingerprint density at radius 1 is 0.631 bits per heavy atom. The molecule has 348 valence electrons. The molecule has 12 nitrogen and oxygen atoms in total. The number of aliphatic hydroxyl groups excluding tert-OH is 3. The van der Waals surface area contributed by atoms with E-state index in [-0.39, 0.29) is 48.4 Å². The van der Waals surface area contributed by atoms with E-state index >= 15 is 0 Å². The zero-order valence-corrected chi connectivity index (χ0v) is 40.5. The third kappa shape index (κ3) is 13.2. The fourth-order valence-corrected chi connectivity index (χ4v) is 8.52. The maximum absolute atomic E-state index is 13.1. The van der Waals surface area contributed by atoms with Gasteiger partial charge in [0.15, 0.2) is 0 Å². The van der Waals surface area contributed by atoms with E-state index in [0.717, 1.165) is 33.4 Å². The molecule has 6 rings (SSSR count). The van der Waals surface area contributed by atoms with Crippen LogP contribution in [0.1, 0.15) is 75.6 Å². The molecule has 4 aromatic carbocycles. The third-order valence-electron chi connectivity index (χ3n) is 10.5.